The zero-order valence-electron chi connectivity index (χ0n) is 29.9. The van der Waals surface area contributed by atoms with Gasteiger partial charge in [0.2, 0.25) is 0 Å². The predicted molar refractivity (Wildman–Crippen MR) is 231 cm³/mol. The zero-order valence-corrected chi connectivity index (χ0v) is 29.9. The molecule has 9 aromatic carbocycles. The minimum absolute atomic E-state index is 0.859. The molecule has 11 rings (SSSR count). The van der Waals surface area contributed by atoms with Crippen LogP contribution < -0.4 is 4.90 Å². The van der Waals surface area contributed by atoms with Gasteiger partial charge in [-0.15, -0.1) is 0 Å². The lowest BCUT2D eigenvalue weighted by atomic mass is 9.98. The Kier molecular flexibility index (Phi) is 7.17. The topological polar surface area (TPSA) is 21.3 Å². The van der Waals surface area contributed by atoms with Gasteiger partial charge in [0.05, 0.1) is 11.0 Å². The molecule has 0 saturated heterocycles. The highest BCUT2D eigenvalue weighted by Gasteiger charge is 2.20. The summed E-state index contributed by atoms with van der Waals surface area (Å²) in [6, 6.07) is 73.8. The van der Waals surface area contributed by atoms with Crippen LogP contribution in [0.1, 0.15) is 0 Å². The molecule has 0 amide bonds. The quantitative estimate of drug-likeness (QED) is 0.172. The predicted octanol–water partition coefficient (Wildman–Crippen LogP) is 14.6. The van der Waals surface area contributed by atoms with Crippen molar-refractivity contribution in [3.63, 3.8) is 0 Å². The van der Waals surface area contributed by atoms with Crippen LogP contribution in [0.5, 0.6) is 0 Å². The molecule has 2 aromatic heterocycles. The molecule has 11 aromatic rings. The van der Waals surface area contributed by atoms with Crippen molar-refractivity contribution in [1.29, 1.82) is 0 Å². The second-order valence-corrected chi connectivity index (χ2v) is 14.2. The van der Waals surface area contributed by atoms with Crippen molar-refractivity contribution in [2.24, 2.45) is 0 Å². The number of para-hydroxylation sites is 2. The Hall–Kier alpha value is -7.36. The van der Waals surface area contributed by atoms with Gasteiger partial charge in [0.15, 0.2) is 0 Å². The highest BCUT2D eigenvalue weighted by molar-refractivity contribution is 6.19. The number of benzene rings is 9. The molecule has 0 fully saturated rings. The Morgan fingerprint density at radius 3 is 1.67 bits per heavy atom. The van der Waals surface area contributed by atoms with E-state index in [9.17, 15) is 0 Å². The summed E-state index contributed by atoms with van der Waals surface area (Å²) in [4.78, 5) is 2.35. The lowest BCUT2D eigenvalue weighted by molar-refractivity contribution is 0.669. The molecule has 3 heteroatoms. The highest BCUT2D eigenvalue weighted by Crippen LogP contribution is 2.43. The summed E-state index contributed by atoms with van der Waals surface area (Å²) in [7, 11) is 0. The van der Waals surface area contributed by atoms with E-state index >= 15 is 0 Å². The monoisotopic (exact) mass is 702 g/mol. The van der Waals surface area contributed by atoms with Gasteiger partial charge in [0.1, 0.15) is 11.2 Å². The van der Waals surface area contributed by atoms with Gasteiger partial charge in [0, 0.05) is 50.4 Å². The molecule has 0 bridgehead atoms. The Labute approximate surface area is 318 Å². The lowest BCUT2D eigenvalue weighted by Gasteiger charge is -2.26. The molecular formula is C52H34N2O. The van der Waals surface area contributed by atoms with Gasteiger partial charge in [-0.3, -0.25) is 0 Å². The van der Waals surface area contributed by atoms with E-state index in [4.69, 9.17) is 4.42 Å². The smallest absolute Gasteiger partial charge is 0.137 e. The first-order chi connectivity index (χ1) is 27.3. The summed E-state index contributed by atoms with van der Waals surface area (Å²) >= 11 is 0. The standard InChI is InChI=1S/C52H34N2O/c1-4-12-35(13-5-1)37-20-24-41(25-21-37)53(42-26-29-46-45-18-10-11-19-48(45)54(49(46)33-42)40-16-8-3-9-17-40)43-27-30-47-51(34-43)55-50-31-23-39-32-38(22-28-44(39)52(47)50)36-14-6-2-7-15-36/h1-34H. The van der Waals surface area contributed by atoms with Gasteiger partial charge in [-0.25, -0.2) is 0 Å². The number of rotatable bonds is 6. The molecule has 0 aliphatic carbocycles. The van der Waals surface area contributed by atoms with Crippen LogP contribution >= 0.6 is 0 Å². The van der Waals surface area contributed by atoms with Gasteiger partial charge >= 0.3 is 0 Å². The van der Waals surface area contributed by atoms with Crippen molar-refractivity contribution in [1.82, 2.24) is 4.57 Å². The largest absolute Gasteiger partial charge is 0.456 e. The normalized spacial score (nSPS) is 11.6. The molecule has 0 N–H and O–H groups in total. The maximum absolute atomic E-state index is 6.67. The number of aromatic nitrogens is 1. The number of fused-ring (bicyclic) bond motifs is 8. The lowest BCUT2D eigenvalue weighted by Crippen LogP contribution is -2.10. The molecule has 3 nitrogen and oxygen atoms in total. The minimum atomic E-state index is 0.859. The number of anilines is 3. The van der Waals surface area contributed by atoms with Crippen LogP contribution in [0.3, 0.4) is 0 Å². The fourth-order valence-electron chi connectivity index (χ4n) is 8.38. The van der Waals surface area contributed by atoms with Crippen LogP contribution in [0.15, 0.2) is 211 Å². The third-order valence-electron chi connectivity index (χ3n) is 11.0. The Balaban J connectivity index is 1.10. The average Bonchev–Trinajstić information content (AvgIpc) is 3.80. The van der Waals surface area contributed by atoms with Crippen LogP contribution in [0.25, 0.3) is 82.5 Å². The van der Waals surface area contributed by atoms with Gasteiger partial charge < -0.3 is 13.9 Å². The second-order valence-electron chi connectivity index (χ2n) is 14.2. The van der Waals surface area contributed by atoms with E-state index in [0.29, 0.717) is 0 Å². The number of hydrogen-bond acceptors (Lipinski definition) is 2. The van der Waals surface area contributed by atoms with Crippen molar-refractivity contribution < 1.29 is 4.42 Å². The summed E-state index contributed by atoms with van der Waals surface area (Å²) in [6.07, 6.45) is 0. The first kappa shape index (κ1) is 31.2. The van der Waals surface area contributed by atoms with E-state index in [0.717, 1.165) is 50.2 Å². The molecule has 0 atom stereocenters. The van der Waals surface area contributed by atoms with Crippen molar-refractivity contribution in [2.45, 2.75) is 0 Å². The van der Waals surface area contributed by atoms with Gasteiger partial charge in [0.25, 0.3) is 0 Å². The molecule has 0 radical (unpaired) electrons. The Bertz CT molecular complexity index is 3180. The first-order valence-electron chi connectivity index (χ1n) is 18.8. The average molecular weight is 703 g/mol. The third-order valence-corrected chi connectivity index (χ3v) is 11.0. The van der Waals surface area contributed by atoms with Crippen molar-refractivity contribution >= 4 is 71.6 Å². The number of furan rings is 1. The van der Waals surface area contributed by atoms with Crippen LogP contribution in [0.2, 0.25) is 0 Å². The van der Waals surface area contributed by atoms with Gasteiger partial charge in [-0.05, 0) is 99.8 Å². The summed E-state index contributed by atoms with van der Waals surface area (Å²) in [5.74, 6) is 0. The van der Waals surface area contributed by atoms with E-state index in [1.54, 1.807) is 0 Å². The van der Waals surface area contributed by atoms with Crippen molar-refractivity contribution in [3.05, 3.63) is 206 Å². The van der Waals surface area contributed by atoms with Crippen molar-refractivity contribution in [2.75, 3.05) is 4.90 Å². The van der Waals surface area contributed by atoms with E-state index in [1.165, 1.54) is 49.3 Å². The van der Waals surface area contributed by atoms with Crippen LogP contribution in [0, 0.1) is 0 Å². The Morgan fingerprint density at radius 1 is 0.345 bits per heavy atom. The Morgan fingerprint density at radius 2 is 0.909 bits per heavy atom. The van der Waals surface area contributed by atoms with E-state index in [1.807, 2.05) is 0 Å². The molecule has 258 valence electrons. The zero-order chi connectivity index (χ0) is 36.3. The van der Waals surface area contributed by atoms with Crippen LogP contribution in [0.4, 0.5) is 17.1 Å². The summed E-state index contributed by atoms with van der Waals surface area (Å²) < 4.78 is 9.05. The molecule has 0 aliphatic heterocycles. The van der Waals surface area contributed by atoms with Gasteiger partial charge in [-0.1, -0.05) is 133 Å². The van der Waals surface area contributed by atoms with Crippen LogP contribution in [-0.4, -0.2) is 4.57 Å². The fourth-order valence-corrected chi connectivity index (χ4v) is 8.38. The fraction of sp³-hybridized carbons (Fsp3) is 0. The van der Waals surface area contributed by atoms with E-state index < -0.39 is 0 Å². The minimum Gasteiger partial charge on any atom is -0.456 e. The van der Waals surface area contributed by atoms with Crippen LogP contribution in [-0.2, 0) is 0 Å². The maximum Gasteiger partial charge on any atom is 0.137 e. The molecule has 0 saturated carbocycles. The highest BCUT2D eigenvalue weighted by atomic mass is 16.3. The SMILES string of the molecule is c1ccc(-c2ccc(N(c3ccc4c(c3)oc3ccc5cc(-c6ccccc6)ccc5c34)c3ccc4c5ccccc5n(-c5ccccc5)c4c3)cc2)cc1. The second kappa shape index (κ2) is 12.6. The van der Waals surface area contributed by atoms with E-state index in [-0.39, 0.29) is 0 Å². The first-order valence-corrected chi connectivity index (χ1v) is 18.8. The summed E-state index contributed by atoms with van der Waals surface area (Å²) in [6.45, 7) is 0. The molecule has 0 spiro atoms. The van der Waals surface area contributed by atoms with Crippen molar-refractivity contribution in [3.8, 4) is 27.9 Å². The van der Waals surface area contributed by atoms with Gasteiger partial charge in [-0.2, -0.15) is 0 Å². The number of nitrogens with zero attached hydrogens (tertiary/aromatic N) is 2. The molecule has 0 unspecified atom stereocenters. The van der Waals surface area contributed by atoms with E-state index in [2.05, 4.69) is 216 Å². The summed E-state index contributed by atoms with van der Waals surface area (Å²) in [5.41, 5.74) is 13.2. The third kappa shape index (κ3) is 5.20. The molecule has 2 heterocycles. The molecular weight excluding hydrogens is 669 g/mol. The number of hydrogen-bond donors (Lipinski definition) is 0. The summed E-state index contributed by atoms with van der Waals surface area (Å²) in [5, 5.41) is 7.09. The molecule has 0 aliphatic rings. The maximum atomic E-state index is 6.67. The molecule has 55 heavy (non-hydrogen) atoms.